The molecule has 0 fully saturated rings. The quantitative estimate of drug-likeness (QED) is 0.580. The van der Waals surface area contributed by atoms with Crippen LogP contribution in [0.5, 0.6) is 0 Å². The molecule has 1 N–H and O–H groups in total. The van der Waals surface area contributed by atoms with Gasteiger partial charge in [-0.3, -0.25) is 4.98 Å². The van der Waals surface area contributed by atoms with E-state index >= 15 is 0 Å². The summed E-state index contributed by atoms with van der Waals surface area (Å²) in [6.45, 7) is 5.82. The van der Waals surface area contributed by atoms with E-state index < -0.39 is 25.1 Å². The lowest BCUT2D eigenvalue weighted by molar-refractivity contribution is 0.567. The van der Waals surface area contributed by atoms with Crippen molar-refractivity contribution in [1.82, 2.24) is 9.71 Å². The zero-order valence-corrected chi connectivity index (χ0v) is 19.3. The number of aromatic nitrogens is 1. The normalized spacial score (nSPS) is 13.6. The van der Waals surface area contributed by atoms with Crippen LogP contribution in [0.4, 0.5) is 0 Å². The molecule has 3 aromatic rings. The first kappa shape index (κ1) is 23.1. The maximum Gasteiger partial charge on any atom is 0.240 e. The van der Waals surface area contributed by atoms with Crippen LogP contribution in [0.1, 0.15) is 37.1 Å². The molecule has 164 valence electrons. The van der Waals surface area contributed by atoms with Crippen LogP contribution >= 0.6 is 0 Å². The Morgan fingerprint density at radius 3 is 2.03 bits per heavy atom. The second-order valence-electron chi connectivity index (χ2n) is 8.26. The molecule has 1 heterocycles. The highest BCUT2D eigenvalue weighted by Crippen LogP contribution is 2.29. The number of nitrogens with one attached hydrogen (secondary N) is 1. The molecule has 3 rings (SSSR count). The Morgan fingerprint density at radius 1 is 0.839 bits per heavy atom. The Labute approximate surface area is 184 Å². The molecule has 31 heavy (non-hydrogen) atoms. The van der Waals surface area contributed by atoms with Gasteiger partial charge < -0.3 is 0 Å². The van der Waals surface area contributed by atoms with Crippen molar-refractivity contribution in [2.24, 2.45) is 0 Å². The van der Waals surface area contributed by atoms with E-state index in [1.54, 1.807) is 42.5 Å². The zero-order chi connectivity index (χ0) is 22.7. The lowest BCUT2D eigenvalue weighted by Crippen LogP contribution is -2.32. The maximum atomic E-state index is 13.3. The first-order valence-corrected chi connectivity index (χ1v) is 12.8. The number of sulfone groups is 1. The summed E-state index contributed by atoms with van der Waals surface area (Å²) in [5, 5.41) is -1.12. The lowest BCUT2D eigenvalue weighted by Gasteiger charge is -2.20. The van der Waals surface area contributed by atoms with E-state index in [1.165, 1.54) is 36.7 Å². The first-order valence-electron chi connectivity index (χ1n) is 9.81. The fourth-order valence-electron chi connectivity index (χ4n) is 3.15. The molecule has 0 saturated heterocycles. The van der Waals surface area contributed by atoms with E-state index in [0.29, 0.717) is 5.56 Å². The Bertz CT molecular complexity index is 1220. The molecular formula is C23H26N2O4S2. The van der Waals surface area contributed by atoms with Gasteiger partial charge in [0.1, 0.15) is 5.25 Å². The Hall–Kier alpha value is -2.55. The van der Waals surface area contributed by atoms with Crippen LogP contribution in [0.3, 0.4) is 0 Å². The number of rotatable bonds is 7. The molecular weight excluding hydrogens is 432 g/mol. The third-order valence-corrected chi connectivity index (χ3v) is 8.55. The molecule has 1 unspecified atom stereocenters. The predicted molar refractivity (Wildman–Crippen MR) is 121 cm³/mol. The number of hydrogen-bond donors (Lipinski definition) is 1. The van der Waals surface area contributed by atoms with E-state index in [0.717, 1.165) is 5.56 Å². The maximum absolute atomic E-state index is 13.3. The average Bonchev–Trinajstić information content (AvgIpc) is 2.74. The molecule has 6 nitrogen and oxygen atoms in total. The summed E-state index contributed by atoms with van der Waals surface area (Å²) >= 11 is 0. The summed E-state index contributed by atoms with van der Waals surface area (Å²) in [5.74, 6) is 0. The Balaban J connectivity index is 1.90. The van der Waals surface area contributed by atoms with Gasteiger partial charge in [0.05, 0.1) is 9.79 Å². The number of pyridine rings is 1. The smallest absolute Gasteiger partial charge is 0.240 e. The van der Waals surface area contributed by atoms with Crippen LogP contribution in [-0.4, -0.2) is 28.4 Å². The van der Waals surface area contributed by atoms with E-state index in [2.05, 4.69) is 9.71 Å². The minimum Gasteiger partial charge on any atom is -0.264 e. The number of benzene rings is 2. The standard InChI is InChI=1S/C23H26N2O4S2/c1-23(2,3)19-11-13-21(14-12-19)31(28,29)25-17-22(18-8-7-15-24-16-18)30(26,27)20-9-5-4-6-10-20/h4-16,22,25H,17H2,1-3H3. The van der Waals surface area contributed by atoms with E-state index in [1.807, 2.05) is 20.8 Å². The third kappa shape index (κ3) is 5.39. The second kappa shape index (κ2) is 8.90. The summed E-state index contributed by atoms with van der Waals surface area (Å²) in [4.78, 5) is 4.21. The largest absolute Gasteiger partial charge is 0.264 e. The molecule has 0 saturated carbocycles. The fourth-order valence-corrected chi connectivity index (χ4v) is 5.97. The van der Waals surface area contributed by atoms with E-state index in [-0.39, 0.29) is 21.8 Å². The monoisotopic (exact) mass is 458 g/mol. The minimum atomic E-state index is -3.90. The highest BCUT2D eigenvalue weighted by atomic mass is 32.2. The van der Waals surface area contributed by atoms with Gasteiger partial charge in [0, 0.05) is 18.9 Å². The van der Waals surface area contributed by atoms with Gasteiger partial charge in [-0.2, -0.15) is 0 Å². The summed E-state index contributed by atoms with van der Waals surface area (Å²) in [5.41, 5.74) is 1.31. The summed E-state index contributed by atoms with van der Waals surface area (Å²) in [7, 11) is -7.75. The SMILES string of the molecule is CC(C)(C)c1ccc(S(=O)(=O)NCC(c2cccnc2)S(=O)(=O)c2ccccc2)cc1. The molecule has 1 aromatic heterocycles. The van der Waals surface area contributed by atoms with Gasteiger partial charge in [-0.25, -0.2) is 21.6 Å². The van der Waals surface area contributed by atoms with E-state index in [4.69, 9.17) is 0 Å². The molecule has 0 spiro atoms. The summed E-state index contributed by atoms with van der Waals surface area (Å²) in [6, 6.07) is 17.9. The van der Waals surface area contributed by atoms with Crippen molar-refractivity contribution in [3.05, 3.63) is 90.3 Å². The van der Waals surface area contributed by atoms with Crippen LogP contribution in [0, 0.1) is 0 Å². The van der Waals surface area contributed by atoms with E-state index in [9.17, 15) is 16.8 Å². The van der Waals surface area contributed by atoms with Gasteiger partial charge >= 0.3 is 0 Å². The van der Waals surface area contributed by atoms with Crippen molar-refractivity contribution in [2.75, 3.05) is 6.54 Å². The van der Waals surface area contributed by atoms with Crippen LogP contribution in [0.25, 0.3) is 0 Å². The molecule has 1 atom stereocenters. The van der Waals surface area contributed by atoms with Gasteiger partial charge in [0.25, 0.3) is 0 Å². The molecule has 8 heteroatoms. The molecule has 0 radical (unpaired) electrons. The summed E-state index contributed by atoms with van der Waals surface area (Å²) < 4.78 is 54.8. The molecule has 0 aliphatic carbocycles. The van der Waals surface area contributed by atoms with Crippen LogP contribution in [0.15, 0.2) is 88.9 Å². The summed E-state index contributed by atoms with van der Waals surface area (Å²) in [6.07, 6.45) is 2.98. The predicted octanol–water partition coefficient (Wildman–Crippen LogP) is 3.87. The third-order valence-electron chi connectivity index (χ3n) is 4.99. The number of hydrogen-bond acceptors (Lipinski definition) is 5. The minimum absolute atomic E-state index is 0.0857. The highest BCUT2D eigenvalue weighted by molar-refractivity contribution is 7.92. The molecule has 2 aromatic carbocycles. The van der Waals surface area contributed by atoms with Crippen LogP contribution < -0.4 is 4.72 Å². The first-order chi connectivity index (χ1) is 14.5. The van der Waals surface area contributed by atoms with Crippen LogP contribution in [-0.2, 0) is 25.3 Å². The van der Waals surface area contributed by atoms with Crippen molar-refractivity contribution in [3.63, 3.8) is 0 Å². The molecule has 0 aliphatic heterocycles. The van der Waals surface area contributed by atoms with Crippen LogP contribution in [0.2, 0.25) is 0 Å². The average molecular weight is 459 g/mol. The Kier molecular flexibility index (Phi) is 6.64. The van der Waals surface area contributed by atoms with Gasteiger partial charge in [-0.1, -0.05) is 57.2 Å². The topological polar surface area (TPSA) is 93.2 Å². The zero-order valence-electron chi connectivity index (χ0n) is 17.7. The van der Waals surface area contributed by atoms with Crippen molar-refractivity contribution in [2.45, 2.75) is 41.2 Å². The van der Waals surface area contributed by atoms with Crippen molar-refractivity contribution >= 4 is 19.9 Å². The molecule has 0 amide bonds. The number of nitrogens with zero attached hydrogens (tertiary/aromatic N) is 1. The second-order valence-corrected chi connectivity index (χ2v) is 12.2. The van der Waals surface area contributed by atoms with Crippen molar-refractivity contribution in [1.29, 1.82) is 0 Å². The van der Waals surface area contributed by atoms with Crippen molar-refractivity contribution in [3.8, 4) is 0 Å². The van der Waals surface area contributed by atoms with Gasteiger partial charge in [-0.15, -0.1) is 0 Å². The Morgan fingerprint density at radius 2 is 1.48 bits per heavy atom. The highest BCUT2D eigenvalue weighted by Gasteiger charge is 2.31. The van der Waals surface area contributed by atoms with Gasteiger partial charge in [0.2, 0.25) is 10.0 Å². The number of sulfonamides is 1. The molecule has 0 bridgehead atoms. The van der Waals surface area contributed by atoms with Gasteiger partial charge in [-0.05, 0) is 46.9 Å². The van der Waals surface area contributed by atoms with Crippen molar-refractivity contribution < 1.29 is 16.8 Å². The molecule has 0 aliphatic rings. The lowest BCUT2D eigenvalue weighted by atomic mass is 9.87. The fraction of sp³-hybridized carbons (Fsp3) is 0.261. The van der Waals surface area contributed by atoms with Gasteiger partial charge in [0.15, 0.2) is 9.84 Å².